The molecule has 0 bridgehead atoms. The van der Waals surface area contributed by atoms with Crippen LogP contribution in [-0.4, -0.2) is 15.9 Å². The zero-order valence-electron chi connectivity index (χ0n) is 14.6. The van der Waals surface area contributed by atoms with Crippen LogP contribution in [0.5, 0.6) is 0 Å². The number of amides is 1. The van der Waals surface area contributed by atoms with Gasteiger partial charge in [-0.3, -0.25) is 4.79 Å². The van der Waals surface area contributed by atoms with Gasteiger partial charge in [0.25, 0.3) is 0 Å². The van der Waals surface area contributed by atoms with Crippen molar-refractivity contribution in [3.05, 3.63) is 70.1 Å². The number of imidazole rings is 1. The molecule has 1 atom stereocenters. The number of rotatable bonds is 5. The summed E-state index contributed by atoms with van der Waals surface area (Å²) in [6.07, 6.45) is 4.64. The lowest BCUT2D eigenvalue weighted by Gasteiger charge is -2.23. The number of carbonyl (C=O) groups excluding carboxylic acids is 1. The highest BCUT2D eigenvalue weighted by molar-refractivity contribution is 5.84. The Labute approximate surface area is 151 Å². The van der Waals surface area contributed by atoms with Crippen molar-refractivity contribution in [3.63, 3.8) is 0 Å². The standard InChI is InChI=1S/C21H23N3O2/c25-20(19(16-8-4-5-9-16)15-6-2-1-3-7-15)22-13-14-10-11-17-18(12-14)24-21(26)23-17/h1-3,6-7,10-12,16,19H,4-5,8-9,13H2,(H,22,25)(H2,23,24,26). The summed E-state index contributed by atoms with van der Waals surface area (Å²) in [7, 11) is 0. The number of hydrogen-bond donors (Lipinski definition) is 3. The molecule has 1 aliphatic carbocycles. The van der Waals surface area contributed by atoms with Crippen LogP contribution in [0.4, 0.5) is 0 Å². The average Bonchev–Trinajstić information content (AvgIpc) is 3.29. The number of fused-ring (bicyclic) bond motifs is 1. The van der Waals surface area contributed by atoms with E-state index in [2.05, 4.69) is 27.4 Å². The molecule has 3 N–H and O–H groups in total. The molecule has 0 radical (unpaired) electrons. The van der Waals surface area contributed by atoms with Crippen LogP contribution < -0.4 is 11.0 Å². The zero-order chi connectivity index (χ0) is 17.9. The molecular weight excluding hydrogens is 326 g/mol. The molecule has 4 rings (SSSR count). The van der Waals surface area contributed by atoms with Crippen LogP contribution >= 0.6 is 0 Å². The molecule has 0 saturated heterocycles. The highest BCUT2D eigenvalue weighted by atomic mass is 16.2. The third-order valence-corrected chi connectivity index (χ3v) is 5.36. The third-order valence-electron chi connectivity index (χ3n) is 5.36. The van der Waals surface area contributed by atoms with Crippen LogP contribution in [0, 0.1) is 5.92 Å². The lowest BCUT2D eigenvalue weighted by atomic mass is 9.84. The van der Waals surface area contributed by atoms with Gasteiger partial charge in [-0.1, -0.05) is 49.2 Å². The van der Waals surface area contributed by atoms with Crippen LogP contribution in [0.25, 0.3) is 11.0 Å². The van der Waals surface area contributed by atoms with Gasteiger partial charge in [-0.25, -0.2) is 4.79 Å². The van der Waals surface area contributed by atoms with Crippen LogP contribution in [0.15, 0.2) is 53.3 Å². The summed E-state index contributed by atoms with van der Waals surface area (Å²) < 4.78 is 0. The molecule has 134 valence electrons. The maximum absolute atomic E-state index is 13.0. The van der Waals surface area contributed by atoms with Gasteiger partial charge in [-0.05, 0) is 42.0 Å². The van der Waals surface area contributed by atoms with E-state index in [1.807, 2.05) is 36.4 Å². The average molecular weight is 349 g/mol. The van der Waals surface area contributed by atoms with E-state index in [0.717, 1.165) is 35.0 Å². The fourth-order valence-corrected chi connectivity index (χ4v) is 4.08. The number of nitrogens with one attached hydrogen (secondary N) is 3. The fraction of sp³-hybridized carbons (Fsp3) is 0.333. The van der Waals surface area contributed by atoms with E-state index in [4.69, 9.17) is 0 Å². The summed E-state index contributed by atoms with van der Waals surface area (Å²) in [5.41, 5.74) is 3.39. The Morgan fingerprint density at radius 2 is 1.77 bits per heavy atom. The normalized spacial score (nSPS) is 16.0. The van der Waals surface area contributed by atoms with Crippen molar-refractivity contribution in [1.29, 1.82) is 0 Å². The number of benzene rings is 2. The number of H-pyrrole nitrogens is 2. The minimum Gasteiger partial charge on any atom is -0.351 e. The van der Waals surface area contributed by atoms with Gasteiger partial charge in [0.2, 0.25) is 5.91 Å². The number of carbonyl (C=O) groups is 1. The van der Waals surface area contributed by atoms with Crippen molar-refractivity contribution in [3.8, 4) is 0 Å². The molecule has 1 aromatic heterocycles. The largest absolute Gasteiger partial charge is 0.351 e. The molecule has 1 saturated carbocycles. The molecule has 3 aromatic rings. The molecule has 26 heavy (non-hydrogen) atoms. The van der Waals surface area contributed by atoms with Crippen molar-refractivity contribution >= 4 is 16.9 Å². The van der Waals surface area contributed by atoms with Crippen molar-refractivity contribution in [2.75, 3.05) is 0 Å². The highest BCUT2D eigenvalue weighted by Crippen LogP contribution is 2.37. The second-order valence-corrected chi connectivity index (χ2v) is 7.11. The van der Waals surface area contributed by atoms with Gasteiger partial charge in [-0.15, -0.1) is 0 Å². The Kier molecular flexibility index (Phi) is 4.61. The smallest absolute Gasteiger partial charge is 0.323 e. The Bertz CT molecular complexity index is 952. The van der Waals surface area contributed by atoms with Crippen molar-refractivity contribution in [1.82, 2.24) is 15.3 Å². The molecule has 1 amide bonds. The second kappa shape index (κ2) is 7.20. The maximum atomic E-state index is 13.0. The lowest BCUT2D eigenvalue weighted by Crippen LogP contribution is -2.32. The van der Waals surface area contributed by atoms with Gasteiger partial charge in [0.15, 0.2) is 0 Å². The summed E-state index contributed by atoms with van der Waals surface area (Å²) in [6.45, 7) is 0.456. The minimum absolute atomic E-state index is 0.0884. The number of hydrogen-bond acceptors (Lipinski definition) is 2. The highest BCUT2D eigenvalue weighted by Gasteiger charge is 2.31. The van der Waals surface area contributed by atoms with E-state index in [1.54, 1.807) is 0 Å². The summed E-state index contributed by atoms with van der Waals surface area (Å²) in [5.74, 6) is 0.418. The predicted molar refractivity (Wildman–Crippen MR) is 102 cm³/mol. The first-order valence-corrected chi connectivity index (χ1v) is 9.24. The molecule has 5 nitrogen and oxygen atoms in total. The van der Waals surface area contributed by atoms with E-state index in [1.165, 1.54) is 12.8 Å². The lowest BCUT2D eigenvalue weighted by molar-refractivity contribution is -0.123. The Balaban J connectivity index is 1.51. The number of aromatic amines is 2. The molecule has 1 aliphatic rings. The summed E-state index contributed by atoms with van der Waals surface area (Å²) in [4.78, 5) is 29.9. The molecule has 5 heteroatoms. The second-order valence-electron chi connectivity index (χ2n) is 7.11. The Hall–Kier alpha value is -2.82. The SMILES string of the molecule is O=C(NCc1ccc2[nH]c(=O)[nH]c2c1)C(c1ccccc1)C1CCCC1. The fourth-order valence-electron chi connectivity index (χ4n) is 4.08. The van der Waals surface area contributed by atoms with Crippen LogP contribution in [0.1, 0.15) is 42.7 Å². The van der Waals surface area contributed by atoms with Crippen molar-refractivity contribution < 1.29 is 4.79 Å². The van der Waals surface area contributed by atoms with Crippen LogP contribution in [0.2, 0.25) is 0 Å². The van der Waals surface area contributed by atoms with Crippen LogP contribution in [0.3, 0.4) is 0 Å². The molecule has 1 heterocycles. The van der Waals surface area contributed by atoms with E-state index < -0.39 is 0 Å². The zero-order valence-corrected chi connectivity index (χ0v) is 14.6. The number of aromatic nitrogens is 2. The molecule has 1 unspecified atom stereocenters. The topological polar surface area (TPSA) is 77.8 Å². The first-order valence-electron chi connectivity index (χ1n) is 9.24. The van der Waals surface area contributed by atoms with Gasteiger partial charge in [0.05, 0.1) is 17.0 Å². The third kappa shape index (κ3) is 3.43. The van der Waals surface area contributed by atoms with Crippen molar-refractivity contribution in [2.45, 2.75) is 38.1 Å². The van der Waals surface area contributed by atoms with E-state index in [9.17, 15) is 9.59 Å². The van der Waals surface area contributed by atoms with Crippen molar-refractivity contribution in [2.24, 2.45) is 5.92 Å². The quantitative estimate of drug-likeness (QED) is 0.660. The van der Waals surface area contributed by atoms with Crippen LogP contribution in [-0.2, 0) is 11.3 Å². The molecule has 0 spiro atoms. The predicted octanol–water partition coefficient (Wildman–Crippen LogP) is 3.45. The molecule has 2 aromatic carbocycles. The summed E-state index contributed by atoms with van der Waals surface area (Å²) >= 11 is 0. The Morgan fingerprint density at radius 1 is 1.04 bits per heavy atom. The Morgan fingerprint density at radius 3 is 2.54 bits per heavy atom. The van der Waals surface area contributed by atoms with Gasteiger partial charge in [-0.2, -0.15) is 0 Å². The van der Waals surface area contributed by atoms with E-state index in [0.29, 0.717) is 12.5 Å². The van der Waals surface area contributed by atoms with Gasteiger partial charge in [0.1, 0.15) is 0 Å². The first-order chi connectivity index (χ1) is 12.7. The van der Waals surface area contributed by atoms with Gasteiger partial charge in [0, 0.05) is 6.54 Å². The van der Waals surface area contributed by atoms with Gasteiger partial charge >= 0.3 is 5.69 Å². The summed E-state index contributed by atoms with van der Waals surface area (Å²) in [5, 5.41) is 3.10. The monoisotopic (exact) mass is 349 g/mol. The molecule has 0 aliphatic heterocycles. The first kappa shape index (κ1) is 16.6. The summed E-state index contributed by atoms with van der Waals surface area (Å²) in [6, 6.07) is 15.8. The van der Waals surface area contributed by atoms with Gasteiger partial charge < -0.3 is 15.3 Å². The molecule has 1 fully saturated rings. The minimum atomic E-state index is -0.216. The molecular formula is C21H23N3O2. The maximum Gasteiger partial charge on any atom is 0.323 e. The van der Waals surface area contributed by atoms with E-state index in [-0.39, 0.29) is 17.5 Å². The van der Waals surface area contributed by atoms with E-state index >= 15 is 0 Å².